The van der Waals surface area contributed by atoms with Gasteiger partial charge in [-0.3, -0.25) is 14.2 Å². The number of ether oxygens (including phenoxy) is 1. The summed E-state index contributed by atoms with van der Waals surface area (Å²) in [5.41, 5.74) is 0.290. The molecule has 6 nitrogen and oxygen atoms in total. The van der Waals surface area contributed by atoms with Crippen LogP contribution in [0.5, 0.6) is 0 Å². The number of thiazole rings is 1. The molecule has 8 heteroatoms. The first-order chi connectivity index (χ1) is 13.5. The van der Waals surface area contributed by atoms with E-state index in [4.69, 9.17) is 4.74 Å². The fourth-order valence-electron chi connectivity index (χ4n) is 2.99. The van der Waals surface area contributed by atoms with E-state index in [-0.39, 0.29) is 30.4 Å². The van der Waals surface area contributed by atoms with Gasteiger partial charge >= 0.3 is 5.97 Å². The summed E-state index contributed by atoms with van der Waals surface area (Å²) < 4.78 is 20.1. The monoisotopic (exact) mass is 404 g/mol. The topological polar surface area (TPSA) is 68.6 Å². The first kappa shape index (κ1) is 20.0. The van der Waals surface area contributed by atoms with Crippen molar-refractivity contribution >= 4 is 35.4 Å². The summed E-state index contributed by atoms with van der Waals surface area (Å²) in [4.78, 5) is 39.0. The van der Waals surface area contributed by atoms with Crippen molar-refractivity contribution in [1.82, 2.24) is 9.47 Å². The van der Waals surface area contributed by atoms with Crippen molar-refractivity contribution < 1.29 is 18.7 Å². The van der Waals surface area contributed by atoms with Crippen LogP contribution in [-0.4, -0.2) is 41.0 Å². The van der Waals surface area contributed by atoms with Gasteiger partial charge in [-0.25, -0.2) is 9.18 Å². The van der Waals surface area contributed by atoms with Crippen LogP contribution in [-0.2, 0) is 20.9 Å². The number of nitrogens with zero attached hydrogens (tertiary/aromatic N) is 2. The zero-order valence-corrected chi connectivity index (χ0v) is 16.3. The Morgan fingerprint density at radius 1 is 1.21 bits per heavy atom. The number of rotatable bonds is 5. The molecule has 2 heterocycles. The van der Waals surface area contributed by atoms with E-state index in [1.807, 2.05) is 0 Å². The van der Waals surface area contributed by atoms with Crippen molar-refractivity contribution in [3.05, 3.63) is 55.2 Å². The number of hydrogen-bond donors (Lipinski definition) is 0. The van der Waals surface area contributed by atoms with E-state index >= 15 is 0 Å². The van der Waals surface area contributed by atoms with Crippen LogP contribution in [0.1, 0.15) is 25.3 Å². The summed E-state index contributed by atoms with van der Waals surface area (Å²) in [6.07, 6.45) is 4.76. The van der Waals surface area contributed by atoms with Crippen molar-refractivity contribution in [3.8, 4) is 0 Å². The van der Waals surface area contributed by atoms with Gasteiger partial charge in [0.15, 0.2) is 0 Å². The Bertz CT molecular complexity index is 1030. The second-order valence-corrected chi connectivity index (χ2v) is 7.44. The van der Waals surface area contributed by atoms with Crippen LogP contribution in [0, 0.1) is 5.82 Å². The van der Waals surface area contributed by atoms with Gasteiger partial charge in [-0.15, -0.1) is 11.3 Å². The van der Waals surface area contributed by atoms with E-state index in [0.717, 1.165) is 24.2 Å². The molecule has 0 bridgehead atoms. The lowest BCUT2D eigenvalue weighted by Crippen LogP contribution is -2.39. The highest BCUT2D eigenvalue weighted by atomic mass is 32.1. The number of aromatic nitrogens is 1. The Labute approximate surface area is 165 Å². The Morgan fingerprint density at radius 3 is 2.54 bits per heavy atom. The maximum Gasteiger partial charge on any atom is 0.333 e. The lowest BCUT2D eigenvalue weighted by atomic mass is 10.2. The molecule has 1 saturated heterocycles. The summed E-state index contributed by atoms with van der Waals surface area (Å²) in [6.45, 7) is 3.15. The van der Waals surface area contributed by atoms with E-state index in [2.05, 4.69) is 0 Å². The van der Waals surface area contributed by atoms with Crippen molar-refractivity contribution in [2.75, 3.05) is 19.7 Å². The molecular weight excluding hydrogens is 383 g/mol. The molecule has 3 rings (SSSR count). The lowest BCUT2D eigenvalue weighted by Gasteiger charge is -2.15. The van der Waals surface area contributed by atoms with Gasteiger partial charge < -0.3 is 9.64 Å². The fraction of sp³-hybridized carbons (Fsp3) is 0.350. The maximum absolute atomic E-state index is 13.1. The van der Waals surface area contributed by atoms with Gasteiger partial charge in [0, 0.05) is 13.1 Å². The highest BCUT2D eigenvalue weighted by Gasteiger charge is 2.19. The molecule has 2 aromatic rings. The minimum Gasteiger partial charge on any atom is -0.463 e. The Balaban J connectivity index is 2.03. The molecule has 1 aliphatic rings. The van der Waals surface area contributed by atoms with Gasteiger partial charge in [-0.1, -0.05) is 12.1 Å². The molecule has 1 aromatic heterocycles. The second-order valence-electron chi connectivity index (χ2n) is 6.38. The highest BCUT2D eigenvalue weighted by molar-refractivity contribution is 7.07. The third-order valence-corrected chi connectivity index (χ3v) is 5.44. The highest BCUT2D eigenvalue weighted by Crippen LogP contribution is 2.07. The van der Waals surface area contributed by atoms with Crippen LogP contribution >= 0.6 is 11.3 Å². The first-order valence-electron chi connectivity index (χ1n) is 9.11. The van der Waals surface area contributed by atoms with E-state index < -0.39 is 5.97 Å². The van der Waals surface area contributed by atoms with Crippen LogP contribution in [0.3, 0.4) is 0 Å². The molecule has 28 heavy (non-hydrogen) atoms. The van der Waals surface area contributed by atoms with E-state index in [0.29, 0.717) is 27.8 Å². The van der Waals surface area contributed by atoms with Crippen LogP contribution in [0.4, 0.5) is 4.39 Å². The van der Waals surface area contributed by atoms with Gasteiger partial charge in [0.1, 0.15) is 17.0 Å². The molecule has 1 aromatic carbocycles. The van der Waals surface area contributed by atoms with Gasteiger partial charge in [0.2, 0.25) is 5.91 Å². The minimum atomic E-state index is -0.570. The Kier molecular flexibility index (Phi) is 6.41. The molecule has 0 atom stereocenters. The number of esters is 1. The average Bonchev–Trinajstić information content (AvgIpc) is 3.29. The summed E-state index contributed by atoms with van der Waals surface area (Å²) in [5, 5.41) is 0. The molecule has 0 aliphatic carbocycles. The predicted molar refractivity (Wildman–Crippen MR) is 105 cm³/mol. The van der Waals surface area contributed by atoms with E-state index in [1.165, 1.54) is 22.8 Å². The van der Waals surface area contributed by atoms with Crippen LogP contribution in [0.25, 0.3) is 12.2 Å². The number of carbonyl (C=O) groups is 2. The molecular formula is C20H21FN2O4S. The number of hydrogen-bond acceptors (Lipinski definition) is 5. The number of carbonyl (C=O) groups excluding carboxylic acids is 2. The number of halogens is 1. The van der Waals surface area contributed by atoms with Crippen LogP contribution in [0.2, 0.25) is 0 Å². The Hall–Kier alpha value is -2.74. The van der Waals surface area contributed by atoms with Crippen molar-refractivity contribution in [1.29, 1.82) is 0 Å². The smallest absolute Gasteiger partial charge is 0.333 e. The normalized spacial score (nSPS) is 15.3. The SMILES string of the molecule is CCOC(=O)/C=c1/s/c(=C\c2ccc(F)cc2)c(=O)n1CC(=O)N1CCCC1. The third-order valence-electron chi connectivity index (χ3n) is 4.38. The molecule has 148 valence electrons. The lowest BCUT2D eigenvalue weighted by molar-refractivity contribution is -0.135. The maximum atomic E-state index is 13.1. The molecule has 1 fully saturated rings. The average molecular weight is 404 g/mol. The molecule has 0 N–H and O–H groups in total. The molecule has 1 amide bonds. The summed E-state index contributed by atoms with van der Waals surface area (Å²) in [6, 6.07) is 5.73. The van der Waals surface area contributed by atoms with Gasteiger partial charge in [0.05, 0.1) is 17.2 Å². The largest absolute Gasteiger partial charge is 0.463 e. The van der Waals surface area contributed by atoms with Crippen molar-refractivity contribution in [2.45, 2.75) is 26.3 Å². The van der Waals surface area contributed by atoms with E-state index in [1.54, 1.807) is 30.0 Å². The van der Waals surface area contributed by atoms with Gasteiger partial charge in [-0.2, -0.15) is 0 Å². The standard InChI is InChI=1S/C20H21FN2O4S/c1-2-27-19(25)12-18-23(13-17(24)22-9-3-4-10-22)20(26)16(28-18)11-14-5-7-15(21)8-6-14/h5-8,11-12H,2-4,9-10,13H2,1H3/b16-11-,18-12+. The predicted octanol–water partition coefficient (Wildman–Crippen LogP) is 0.844. The van der Waals surface area contributed by atoms with Crippen LogP contribution in [0.15, 0.2) is 29.1 Å². The zero-order valence-electron chi connectivity index (χ0n) is 15.5. The molecule has 1 aliphatic heterocycles. The molecule has 0 spiro atoms. The second kappa shape index (κ2) is 8.97. The molecule has 0 saturated carbocycles. The molecule has 0 radical (unpaired) electrons. The fourth-order valence-corrected chi connectivity index (χ4v) is 4.02. The van der Waals surface area contributed by atoms with Crippen molar-refractivity contribution in [2.24, 2.45) is 0 Å². The quantitative estimate of drug-likeness (QED) is 0.693. The Morgan fingerprint density at radius 2 is 1.89 bits per heavy atom. The van der Waals surface area contributed by atoms with Gasteiger partial charge in [-0.05, 0) is 43.5 Å². The zero-order chi connectivity index (χ0) is 20.1. The molecule has 0 unspecified atom stereocenters. The van der Waals surface area contributed by atoms with E-state index in [9.17, 15) is 18.8 Å². The number of benzene rings is 1. The van der Waals surface area contributed by atoms with Crippen molar-refractivity contribution in [3.63, 3.8) is 0 Å². The first-order valence-corrected chi connectivity index (χ1v) is 9.93. The minimum absolute atomic E-state index is 0.127. The third kappa shape index (κ3) is 4.75. The number of likely N-dealkylation sites (tertiary alicyclic amines) is 1. The number of amides is 1. The summed E-state index contributed by atoms with van der Waals surface area (Å²) in [7, 11) is 0. The van der Waals surface area contributed by atoms with Gasteiger partial charge in [0.25, 0.3) is 5.56 Å². The summed E-state index contributed by atoms with van der Waals surface area (Å²) in [5.74, 6) is -1.09. The summed E-state index contributed by atoms with van der Waals surface area (Å²) >= 11 is 1.10. The van der Waals surface area contributed by atoms with Crippen LogP contribution < -0.4 is 14.8 Å².